The molecule has 0 saturated heterocycles. The number of nitrogens with zero attached hydrogens (tertiary/aromatic N) is 2. The van der Waals surface area contributed by atoms with Crippen LogP contribution in [0.15, 0.2) is 30.3 Å². The topological polar surface area (TPSA) is 29.9 Å². The minimum atomic E-state index is 0.444. The fraction of sp³-hybridized carbons (Fsp3) is 0.471. The molecule has 2 rings (SSSR count). The van der Waals surface area contributed by atoms with Crippen molar-refractivity contribution in [2.45, 2.75) is 46.2 Å². The molecule has 3 nitrogen and oxygen atoms in total. The van der Waals surface area contributed by atoms with Crippen LogP contribution in [0.2, 0.25) is 0 Å². The normalized spacial score (nSPS) is 12.6. The highest BCUT2D eigenvalue weighted by Crippen LogP contribution is 2.12. The van der Waals surface area contributed by atoms with Crippen molar-refractivity contribution >= 4 is 0 Å². The van der Waals surface area contributed by atoms with E-state index in [4.69, 9.17) is 0 Å². The Balaban J connectivity index is 2.06. The van der Waals surface area contributed by atoms with E-state index in [1.54, 1.807) is 0 Å². The monoisotopic (exact) mass is 271 g/mol. The van der Waals surface area contributed by atoms with Crippen LogP contribution in [0.25, 0.3) is 0 Å². The number of likely N-dealkylation sites (N-methyl/N-ethyl adjacent to an activating group) is 1. The fourth-order valence-electron chi connectivity index (χ4n) is 2.57. The van der Waals surface area contributed by atoms with Crippen molar-refractivity contribution in [2.75, 3.05) is 7.05 Å². The van der Waals surface area contributed by atoms with Crippen molar-refractivity contribution in [2.24, 2.45) is 0 Å². The molecule has 1 heterocycles. The van der Waals surface area contributed by atoms with Crippen LogP contribution in [0.5, 0.6) is 0 Å². The summed E-state index contributed by atoms with van der Waals surface area (Å²) in [6.45, 7) is 7.26. The van der Waals surface area contributed by atoms with E-state index in [9.17, 15) is 0 Å². The zero-order valence-electron chi connectivity index (χ0n) is 13.0. The van der Waals surface area contributed by atoms with Gasteiger partial charge in [-0.05, 0) is 45.9 Å². The highest BCUT2D eigenvalue weighted by molar-refractivity contribution is 5.22. The average molecular weight is 271 g/mol. The average Bonchev–Trinajstić information content (AvgIpc) is 2.80. The molecule has 0 aliphatic rings. The van der Waals surface area contributed by atoms with Crippen molar-refractivity contribution < 1.29 is 0 Å². The summed E-state index contributed by atoms with van der Waals surface area (Å²) in [6, 6.07) is 11.5. The molecule has 0 aliphatic heterocycles. The van der Waals surface area contributed by atoms with Gasteiger partial charge in [-0.3, -0.25) is 4.68 Å². The van der Waals surface area contributed by atoms with Crippen LogP contribution < -0.4 is 5.32 Å². The largest absolute Gasteiger partial charge is 0.316 e. The molecule has 0 aliphatic carbocycles. The Hall–Kier alpha value is -1.61. The molecule has 0 radical (unpaired) electrons. The van der Waals surface area contributed by atoms with Crippen LogP contribution in [0, 0.1) is 13.8 Å². The molecule has 0 bridgehead atoms. The van der Waals surface area contributed by atoms with E-state index in [0.717, 1.165) is 25.1 Å². The van der Waals surface area contributed by atoms with E-state index in [1.807, 2.05) is 7.05 Å². The van der Waals surface area contributed by atoms with E-state index in [-0.39, 0.29) is 0 Å². The molecule has 3 heteroatoms. The molecular weight excluding hydrogens is 246 g/mol. The van der Waals surface area contributed by atoms with Crippen LogP contribution >= 0.6 is 0 Å². The number of hydrogen-bond donors (Lipinski definition) is 1. The number of rotatable bonds is 6. The third-order valence-electron chi connectivity index (χ3n) is 3.75. The van der Waals surface area contributed by atoms with Crippen molar-refractivity contribution in [3.63, 3.8) is 0 Å². The zero-order chi connectivity index (χ0) is 14.5. The van der Waals surface area contributed by atoms with Crippen molar-refractivity contribution in [3.05, 3.63) is 52.8 Å². The third-order valence-corrected chi connectivity index (χ3v) is 3.75. The van der Waals surface area contributed by atoms with Gasteiger partial charge in [0.15, 0.2) is 0 Å². The van der Waals surface area contributed by atoms with Crippen molar-refractivity contribution in [1.29, 1.82) is 0 Å². The van der Waals surface area contributed by atoms with Crippen LogP contribution in [0.1, 0.15) is 29.4 Å². The number of nitrogens with one attached hydrogen (secondary N) is 1. The maximum atomic E-state index is 4.52. The standard InChI is InChI=1S/C17H25N3/c1-5-20-17(10-14(3)19-20)12-16(18-4)11-15-8-6-13(2)7-9-15/h6-10,16,18H,5,11-12H2,1-4H3. The van der Waals surface area contributed by atoms with Gasteiger partial charge in [-0.25, -0.2) is 0 Å². The van der Waals surface area contributed by atoms with E-state index >= 15 is 0 Å². The lowest BCUT2D eigenvalue weighted by molar-refractivity contribution is 0.520. The van der Waals surface area contributed by atoms with E-state index in [0.29, 0.717) is 6.04 Å². The summed E-state index contributed by atoms with van der Waals surface area (Å²) < 4.78 is 2.11. The molecule has 20 heavy (non-hydrogen) atoms. The maximum Gasteiger partial charge on any atom is 0.0596 e. The Bertz CT molecular complexity index is 540. The first kappa shape index (κ1) is 14.8. The van der Waals surface area contributed by atoms with Gasteiger partial charge in [0.05, 0.1) is 5.69 Å². The number of hydrogen-bond acceptors (Lipinski definition) is 2. The Morgan fingerprint density at radius 3 is 2.45 bits per heavy atom. The number of aryl methyl sites for hydroxylation is 3. The van der Waals surface area contributed by atoms with Gasteiger partial charge in [0.1, 0.15) is 0 Å². The lowest BCUT2D eigenvalue weighted by Gasteiger charge is -2.17. The quantitative estimate of drug-likeness (QED) is 0.875. The minimum Gasteiger partial charge on any atom is -0.316 e. The van der Waals surface area contributed by atoms with E-state index in [1.165, 1.54) is 16.8 Å². The van der Waals surface area contributed by atoms with Gasteiger partial charge in [0.2, 0.25) is 0 Å². The Labute approximate surface area is 122 Å². The second-order valence-corrected chi connectivity index (χ2v) is 5.47. The van der Waals surface area contributed by atoms with Crippen LogP contribution in [0.3, 0.4) is 0 Å². The second-order valence-electron chi connectivity index (χ2n) is 5.47. The maximum absolute atomic E-state index is 4.52. The van der Waals surface area contributed by atoms with Crippen LogP contribution in [0.4, 0.5) is 0 Å². The predicted octanol–water partition coefficient (Wildman–Crippen LogP) is 2.89. The van der Waals surface area contributed by atoms with Gasteiger partial charge in [-0.1, -0.05) is 29.8 Å². The minimum absolute atomic E-state index is 0.444. The van der Waals surface area contributed by atoms with Gasteiger partial charge in [-0.15, -0.1) is 0 Å². The Kier molecular flexibility index (Phi) is 4.96. The molecule has 0 amide bonds. The summed E-state index contributed by atoms with van der Waals surface area (Å²) in [5.41, 5.74) is 5.12. The first-order valence-corrected chi connectivity index (χ1v) is 7.38. The van der Waals surface area contributed by atoms with Gasteiger partial charge in [0.25, 0.3) is 0 Å². The van der Waals surface area contributed by atoms with Crippen LogP contribution in [-0.2, 0) is 19.4 Å². The van der Waals surface area contributed by atoms with Gasteiger partial charge >= 0.3 is 0 Å². The fourth-order valence-corrected chi connectivity index (χ4v) is 2.57. The molecule has 1 aromatic heterocycles. The van der Waals surface area contributed by atoms with E-state index < -0.39 is 0 Å². The highest BCUT2D eigenvalue weighted by Gasteiger charge is 2.12. The third kappa shape index (κ3) is 3.70. The highest BCUT2D eigenvalue weighted by atomic mass is 15.3. The lowest BCUT2D eigenvalue weighted by atomic mass is 10.0. The summed E-state index contributed by atoms with van der Waals surface area (Å²) in [7, 11) is 2.04. The zero-order valence-corrected chi connectivity index (χ0v) is 13.0. The second kappa shape index (κ2) is 6.71. The van der Waals surface area contributed by atoms with Crippen molar-refractivity contribution in [1.82, 2.24) is 15.1 Å². The molecular formula is C17H25N3. The van der Waals surface area contributed by atoms with Crippen molar-refractivity contribution in [3.8, 4) is 0 Å². The molecule has 0 fully saturated rings. The Morgan fingerprint density at radius 1 is 1.15 bits per heavy atom. The summed E-state index contributed by atoms with van der Waals surface area (Å²) >= 11 is 0. The molecule has 0 saturated carbocycles. The smallest absolute Gasteiger partial charge is 0.0596 e. The molecule has 1 unspecified atom stereocenters. The molecule has 2 aromatic rings. The van der Waals surface area contributed by atoms with Crippen LogP contribution in [-0.4, -0.2) is 22.9 Å². The lowest BCUT2D eigenvalue weighted by Crippen LogP contribution is -2.30. The summed E-state index contributed by atoms with van der Waals surface area (Å²) in [4.78, 5) is 0. The molecule has 1 N–H and O–H groups in total. The predicted molar refractivity (Wildman–Crippen MR) is 84.1 cm³/mol. The van der Waals surface area contributed by atoms with Gasteiger partial charge in [-0.2, -0.15) is 5.10 Å². The molecule has 108 valence electrons. The molecule has 0 spiro atoms. The van der Waals surface area contributed by atoms with E-state index in [2.05, 4.69) is 66.2 Å². The first-order valence-electron chi connectivity index (χ1n) is 7.38. The Morgan fingerprint density at radius 2 is 1.85 bits per heavy atom. The summed E-state index contributed by atoms with van der Waals surface area (Å²) in [5, 5.41) is 7.96. The SMILES string of the molecule is CCn1nc(C)cc1CC(Cc1ccc(C)cc1)NC. The molecule has 1 aromatic carbocycles. The van der Waals surface area contributed by atoms with Gasteiger partial charge < -0.3 is 5.32 Å². The summed E-state index contributed by atoms with van der Waals surface area (Å²) in [5.74, 6) is 0. The first-order chi connectivity index (χ1) is 9.62. The van der Waals surface area contributed by atoms with Gasteiger partial charge in [0, 0.05) is 24.7 Å². The summed E-state index contributed by atoms with van der Waals surface area (Å²) in [6.07, 6.45) is 2.06. The number of aromatic nitrogens is 2. The number of benzene rings is 1. The molecule has 1 atom stereocenters.